The minimum absolute atomic E-state index is 0.00245. The van der Waals surface area contributed by atoms with Crippen molar-refractivity contribution in [1.82, 2.24) is 5.32 Å². The number of alkyl halides is 1. The molecule has 0 aromatic rings. The van der Waals surface area contributed by atoms with E-state index in [1.165, 1.54) is 0 Å². The molecular weight excluding hydrogens is 177 g/mol. The van der Waals surface area contributed by atoms with Gasteiger partial charge in [0, 0.05) is 0 Å². The van der Waals surface area contributed by atoms with Gasteiger partial charge in [-0.3, -0.25) is 4.79 Å². The fourth-order valence-corrected chi connectivity index (χ4v) is 2.33. The van der Waals surface area contributed by atoms with E-state index >= 15 is 0 Å². The Hall–Kier alpha value is -0.250. The summed E-state index contributed by atoms with van der Waals surface area (Å²) >= 11 is 1.67. The van der Waals surface area contributed by atoms with Crippen molar-refractivity contribution in [1.29, 1.82) is 0 Å². The molecule has 0 radical (unpaired) electrons. The van der Waals surface area contributed by atoms with Crippen LogP contribution in [0.3, 0.4) is 0 Å². The lowest BCUT2D eigenvalue weighted by Crippen LogP contribution is -2.38. The van der Waals surface area contributed by atoms with Crippen molar-refractivity contribution in [2.45, 2.75) is 31.1 Å². The SMILES string of the molecule is CC(CF)NC(=O)C1CCCS1. The highest BCUT2D eigenvalue weighted by atomic mass is 32.2. The van der Waals surface area contributed by atoms with Crippen LogP contribution in [0.1, 0.15) is 19.8 Å². The molecule has 1 N–H and O–H groups in total. The van der Waals surface area contributed by atoms with Gasteiger partial charge in [0.2, 0.25) is 5.91 Å². The normalized spacial score (nSPS) is 25.3. The maximum atomic E-state index is 12.0. The van der Waals surface area contributed by atoms with Crippen LogP contribution in [-0.4, -0.2) is 29.6 Å². The molecule has 1 heterocycles. The highest BCUT2D eigenvalue weighted by Crippen LogP contribution is 2.26. The van der Waals surface area contributed by atoms with Gasteiger partial charge in [-0.15, -0.1) is 11.8 Å². The third kappa shape index (κ3) is 2.66. The molecule has 0 saturated carbocycles. The van der Waals surface area contributed by atoms with Crippen molar-refractivity contribution in [2.24, 2.45) is 0 Å². The number of nitrogens with one attached hydrogen (secondary N) is 1. The first-order chi connectivity index (χ1) is 5.74. The van der Waals surface area contributed by atoms with Crippen LogP contribution in [-0.2, 0) is 4.79 Å². The monoisotopic (exact) mass is 191 g/mol. The quantitative estimate of drug-likeness (QED) is 0.729. The van der Waals surface area contributed by atoms with Crippen LogP contribution in [0, 0.1) is 0 Å². The van der Waals surface area contributed by atoms with E-state index in [9.17, 15) is 9.18 Å². The number of halogens is 1. The van der Waals surface area contributed by atoms with Crippen molar-refractivity contribution in [3.05, 3.63) is 0 Å². The molecule has 2 nitrogen and oxygen atoms in total. The van der Waals surface area contributed by atoms with Gasteiger partial charge in [0.05, 0.1) is 11.3 Å². The summed E-state index contributed by atoms with van der Waals surface area (Å²) in [5, 5.41) is 2.71. The zero-order valence-electron chi connectivity index (χ0n) is 7.18. The average Bonchev–Trinajstić information content (AvgIpc) is 2.56. The van der Waals surface area contributed by atoms with Crippen molar-refractivity contribution in [3.63, 3.8) is 0 Å². The first-order valence-corrected chi connectivity index (χ1v) is 5.27. The van der Waals surface area contributed by atoms with Crippen LogP contribution in [0.4, 0.5) is 4.39 Å². The van der Waals surface area contributed by atoms with Gasteiger partial charge in [-0.2, -0.15) is 0 Å². The standard InChI is InChI=1S/C8H14FNOS/c1-6(5-9)10-8(11)7-3-2-4-12-7/h6-7H,2-5H2,1H3,(H,10,11). The molecule has 1 saturated heterocycles. The van der Waals surface area contributed by atoms with E-state index < -0.39 is 6.67 Å². The Morgan fingerprint density at radius 2 is 2.58 bits per heavy atom. The Morgan fingerprint density at radius 3 is 3.08 bits per heavy atom. The lowest BCUT2D eigenvalue weighted by molar-refractivity contribution is -0.121. The fraction of sp³-hybridized carbons (Fsp3) is 0.875. The van der Waals surface area contributed by atoms with E-state index in [1.807, 2.05) is 0 Å². The second-order valence-corrected chi connectivity index (χ2v) is 4.38. The number of hydrogen-bond acceptors (Lipinski definition) is 2. The van der Waals surface area contributed by atoms with Crippen LogP contribution < -0.4 is 5.32 Å². The fourth-order valence-electron chi connectivity index (χ4n) is 1.16. The van der Waals surface area contributed by atoms with Crippen molar-refractivity contribution < 1.29 is 9.18 Å². The van der Waals surface area contributed by atoms with Gasteiger partial charge >= 0.3 is 0 Å². The van der Waals surface area contributed by atoms with E-state index in [0.29, 0.717) is 0 Å². The first-order valence-electron chi connectivity index (χ1n) is 4.22. The third-order valence-electron chi connectivity index (χ3n) is 1.84. The topological polar surface area (TPSA) is 29.1 Å². The largest absolute Gasteiger partial charge is 0.350 e. The molecule has 2 atom stereocenters. The number of rotatable bonds is 3. The Balaban J connectivity index is 2.27. The summed E-state index contributed by atoms with van der Waals surface area (Å²) in [6.07, 6.45) is 2.04. The number of amides is 1. The smallest absolute Gasteiger partial charge is 0.233 e. The molecule has 0 aromatic heterocycles. The molecule has 70 valence electrons. The van der Waals surface area contributed by atoms with Crippen LogP contribution in [0.2, 0.25) is 0 Å². The summed E-state index contributed by atoms with van der Waals surface area (Å²) in [5.41, 5.74) is 0. The predicted octanol–water partition coefficient (Wildman–Crippen LogP) is 1.36. The summed E-state index contributed by atoms with van der Waals surface area (Å²) in [7, 11) is 0. The highest BCUT2D eigenvalue weighted by Gasteiger charge is 2.23. The van der Waals surface area contributed by atoms with Gasteiger partial charge in [0.25, 0.3) is 0 Å². The molecule has 0 aliphatic carbocycles. The molecular formula is C8H14FNOS. The summed E-state index contributed by atoms with van der Waals surface area (Å²) in [6, 6.07) is -0.335. The molecule has 1 rings (SSSR count). The van der Waals surface area contributed by atoms with Gasteiger partial charge in [-0.25, -0.2) is 4.39 Å². The molecule has 12 heavy (non-hydrogen) atoms. The zero-order chi connectivity index (χ0) is 8.97. The second kappa shape index (κ2) is 4.70. The molecule has 2 unspecified atom stereocenters. The Labute approximate surface area is 76.3 Å². The van der Waals surface area contributed by atoms with Gasteiger partial charge in [-0.05, 0) is 25.5 Å². The third-order valence-corrected chi connectivity index (χ3v) is 3.22. The molecule has 0 bridgehead atoms. The van der Waals surface area contributed by atoms with Crippen molar-refractivity contribution in [2.75, 3.05) is 12.4 Å². The van der Waals surface area contributed by atoms with Gasteiger partial charge in [0.15, 0.2) is 0 Å². The maximum absolute atomic E-state index is 12.0. The second-order valence-electron chi connectivity index (χ2n) is 3.07. The summed E-state index contributed by atoms with van der Waals surface area (Å²) in [5.74, 6) is 1.06. The number of carbonyl (C=O) groups is 1. The van der Waals surface area contributed by atoms with Crippen LogP contribution in [0.25, 0.3) is 0 Å². The predicted molar refractivity (Wildman–Crippen MR) is 49.1 cm³/mol. The molecule has 0 aromatic carbocycles. The van der Waals surface area contributed by atoms with E-state index in [1.54, 1.807) is 18.7 Å². The van der Waals surface area contributed by atoms with Crippen LogP contribution >= 0.6 is 11.8 Å². The summed E-state index contributed by atoms with van der Waals surface area (Å²) in [4.78, 5) is 11.3. The summed E-state index contributed by atoms with van der Waals surface area (Å²) < 4.78 is 12.0. The first kappa shape index (κ1) is 9.84. The van der Waals surface area contributed by atoms with Gasteiger partial charge < -0.3 is 5.32 Å². The Bertz CT molecular complexity index is 159. The molecule has 1 aliphatic heterocycles. The number of thioether (sulfide) groups is 1. The maximum Gasteiger partial charge on any atom is 0.233 e. The van der Waals surface area contributed by atoms with E-state index in [-0.39, 0.29) is 17.2 Å². The molecule has 0 spiro atoms. The Kier molecular flexibility index (Phi) is 3.85. The minimum Gasteiger partial charge on any atom is -0.350 e. The number of hydrogen-bond donors (Lipinski definition) is 1. The van der Waals surface area contributed by atoms with E-state index in [4.69, 9.17) is 0 Å². The van der Waals surface area contributed by atoms with Crippen LogP contribution in [0.15, 0.2) is 0 Å². The lowest BCUT2D eigenvalue weighted by Gasteiger charge is -2.13. The molecule has 1 aliphatic rings. The van der Waals surface area contributed by atoms with Gasteiger partial charge in [-0.1, -0.05) is 0 Å². The Morgan fingerprint density at radius 1 is 1.83 bits per heavy atom. The average molecular weight is 191 g/mol. The lowest BCUT2D eigenvalue weighted by atomic mass is 10.2. The van der Waals surface area contributed by atoms with Crippen molar-refractivity contribution >= 4 is 17.7 Å². The van der Waals surface area contributed by atoms with Gasteiger partial charge in [0.1, 0.15) is 6.67 Å². The minimum atomic E-state index is -0.483. The van der Waals surface area contributed by atoms with E-state index in [0.717, 1.165) is 18.6 Å². The van der Waals surface area contributed by atoms with E-state index in [2.05, 4.69) is 5.32 Å². The highest BCUT2D eigenvalue weighted by molar-refractivity contribution is 8.00. The molecule has 1 fully saturated rings. The summed E-state index contributed by atoms with van der Waals surface area (Å²) in [6.45, 7) is 1.20. The number of carbonyl (C=O) groups excluding carboxylic acids is 1. The van der Waals surface area contributed by atoms with Crippen molar-refractivity contribution in [3.8, 4) is 0 Å². The van der Waals surface area contributed by atoms with Crippen LogP contribution in [0.5, 0.6) is 0 Å². The molecule has 1 amide bonds. The molecule has 4 heteroatoms. The zero-order valence-corrected chi connectivity index (χ0v) is 7.99.